The summed E-state index contributed by atoms with van der Waals surface area (Å²) in [5, 5.41) is 0. The van der Waals surface area contributed by atoms with Crippen LogP contribution in [0.3, 0.4) is 0 Å². The number of rotatable bonds is 3. The van der Waals surface area contributed by atoms with Crippen molar-refractivity contribution in [2.24, 2.45) is 52.8 Å². The molecule has 0 radical (unpaired) electrons. The molecule has 0 amide bonds. The molecule has 24 heavy (non-hydrogen) atoms. The molecule has 0 aliphatic heterocycles. The zero-order valence-corrected chi connectivity index (χ0v) is 16.9. The summed E-state index contributed by atoms with van der Waals surface area (Å²) < 4.78 is 0. The van der Waals surface area contributed by atoms with E-state index in [1.165, 1.54) is 25.7 Å². The molecule has 0 unspecified atom stereocenters. The Balaban J connectivity index is 1.53. The number of hydrogen-bond acceptors (Lipinski definition) is 0. The van der Waals surface area contributed by atoms with Crippen molar-refractivity contribution in [3.8, 4) is 0 Å². The van der Waals surface area contributed by atoms with Gasteiger partial charge < -0.3 is 0 Å². The van der Waals surface area contributed by atoms with Crippen LogP contribution in [0.2, 0.25) is 0 Å². The van der Waals surface area contributed by atoms with Gasteiger partial charge in [-0.2, -0.15) is 0 Å². The number of hydrogen-bond donors (Lipinski definition) is 0. The quantitative estimate of drug-likeness (QED) is 0.508. The Bertz CT molecular complexity index is 439. The van der Waals surface area contributed by atoms with Crippen LogP contribution in [0, 0.1) is 52.8 Å². The second-order valence-corrected chi connectivity index (χ2v) is 10.7. The Morgan fingerprint density at radius 2 is 1.75 bits per heavy atom. The van der Waals surface area contributed by atoms with Crippen molar-refractivity contribution < 1.29 is 0 Å². The zero-order valence-electron chi connectivity index (χ0n) is 16.9. The predicted molar refractivity (Wildman–Crippen MR) is 104 cm³/mol. The van der Waals surface area contributed by atoms with Gasteiger partial charge in [-0.25, -0.2) is 0 Å². The summed E-state index contributed by atoms with van der Waals surface area (Å²) in [6.45, 7) is 10.3. The van der Waals surface area contributed by atoms with Gasteiger partial charge in [-0.05, 0) is 97.7 Å². The van der Waals surface area contributed by atoms with E-state index in [1.54, 1.807) is 44.9 Å². The smallest absolute Gasteiger partial charge is 0.0266 e. The van der Waals surface area contributed by atoms with Gasteiger partial charge in [0.1, 0.15) is 0 Å². The molecular weight excluding hydrogens is 288 g/mol. The van der Waals surface area contributed by atoms with Gasteiger partial charge in [0.2, 0.25) is 0 Å². The molecule has 9 atom stereocenters. The monoisotopic (exact) mass is 330 g/mol. The molecule has 4 aliphatic carbocycles. The van der Waals surface area contributed by atoms with E-state index in [0.29, 0.717) is 0 Å². The van der Waals surface area contributed by atoms with Gasteiger partial charge >= 0.3 is 0 Å². The van der Waals surface area contributed by atoms with Crippen LogP contribution in [-0.2, 0) is 0 Å². The van der Waals surface area contributed by atoms with Crippen molar-refractivity contribution in [2.45, 2.75) is 98.3 Å². The standard InChI is InChI=1S/C24H42/c1-5-8-16(2)19-12-13-20-21-11-10-18-9-6-7-14-24(18,4)23(21)15-22(20)17(19)3/h16-23H,5-15H2,1-4H3/t16-,17+,18-,19-,20+,21+,22+,23+,24+/m1/s1. The molecule has 0 aromatic heterocycles. The predicted octanol–water partition coefficient (Wildman–Crippen LogP) is 7.33. The largest absolute Gasteiger partial charge is 0.0654 e. The van der Waals surface area contributed by atoms with Gasteiger partial charge in [0.05, 0.1) is 0 Å². The van der Waals surface area contributed by atoms with Crippen LogP contribution < -0.4 is 0 Å². The minimum absolute atomic E-state index is 0.725. The van der Waals surface area contributed by atoms with Crippen LogP contribution >= 0.6 is 0 Å². The SMILES string of the molecule is CCC[C@@H](C)[C@H]1CC[C@@H]2[C@@H](C[C@H]3[C@H]2CC[C@H]2CCCC[C@@]23C)[C@H]1C. The van der Waals surface area contributed by atoms with Gasteiger partial charge in [0.15, 0.2) is 0 Å². The molecule has 4 aliphatic rings. The second-order valence-electron chi connectivity index (χ2n) is 10.7. The van der Waals surface area contributed by atoms with E-state index < -0.39 is 0 Å². The normalized spacial score (nSPS) is 52.2. The lowest BCUT2D eigenvalue weighted by Crippen LogP contribution is -2.44. The minimum Gasteiger partial charge on any atom is -0.0654 e. The van der Waals surface area contributed by atoms with Crippen molar-refractivity contribution in [2.75, 3.05) is 0 Å². The summed E-state index contributed by atoms with van der Waals surface area (Å²) in [5.74, 6) is 8.46. The summed E-state index contributed by atoms with van der Waals surface area (Å²) >= 11 is 0. The summed E-state index contributed by atoms with van der Waals surface area (Å²) in [7, 11) is 0. The third-order valence-corrected chi connectivity index (χ3v) is 9.95. The molecular formula is C24H42. The van der Waals surface area contributed by atoms with E-state index in [0.717, 1.165) is 52.8 Å². The van der Waals surface area contributed by atoms with Crippen LogP contribution in [0.25, 0.3) is 0 Å². The average molecular weight is 331 g/mol. The van der Waals surface area contributed by atoms with E-state index in [4.69, 9.17) is 0 Å². The maximum absolute atomic E-state index is 2.73. The van der Waals surface area contributed by atoms with Gasteiger partial charge in [0.25, 0.3) is 0 Å². The van der Waals surface area contributed by atoms with E-state index in [1.807, 2.05) is 0 Å². The third-order valence-electron chi connectivity index (χ3n) is 9.95. The second kappa shape index (κ2) is 6.62. The van der Waals surface area contributed by atoms with Gasteiger partial charge in [0, 0.05) is 0 Å². The lowest BCUT2D eigenvalue weighted by atomic mass is 9.52. The highest BCUT2D eigenvalue weighted by atomic mass is 14.6. The van der Waals surface area contributed by atoms with Crippen molar-refractivity contribution in [3.05, 3.63) is 0 Å². The highest BCUT2D eigenvalue weighted by Crippen LogP contribution is 2.66. The van der Waals surface area contributed by atoms with E-state index >= 15 is 0 Å². The molecule has 0 heteroatoms. The molecule has 0 heterocycles. The fraction of sp³-hybridized carbons (Fsp3) is 1.00. The highest BCUT2D eigenvalue weighted by molar-refractivity contribution is 5.07. The third kappa shape index (κ3) is 2.61. The number of fused-ring (bicyclic) bond motifs is 5. The lowest BCUT2D eigenvalue weighted by Gasteiger charge is -2.53. The Kier molecular flexibility index (Phi) is 4.81. The molecule has 0 nitrogen and oxygen atoms in total. The van der Waals surface area contributed by atoms with Gasteiger partial charge in [-0.3, -0.25) is 0 Å². The molecule has 4 rings (SSSR count). The molecule has 0 N–H and O–H groups in total. The topological polar surface area (TPSA) is 0 Å². The lowest BCUT2D eigenvalue weighted by molar-refractivity contribution is -0.0313. The van der Waals surface area contributed by atoms with Gasteiger partial charge in [-0.15, -0.1) is 0 Å². The Labute approximate surface area is 151 Å². The maximum atomic E-state index is 2.73. The minimum atomic E-state index is 0.725. The molecule has 0 aromatic carbocycles. The highest BCUT2D eigenvalue weighted by Gasteiger charge is 2.58. The van der Waals surface area contributed by atoms with Crippen LogP contribution in [0.5, 0.6) is 0 Å². The van der Waals surface area contributed by atoms with Crippen molar-refractivity contribution >= 4 is 0 Å². The Hall–Kier alpha value is 0. The molecule has 138 valence electrons. The van der Waals surface area contributed by atoms with Crippen LogP contribution in [0.15, 0.2) is 0 Å². The fourth-order valence-electron chi connectivity index (χ4n) is 8.69. The summed E-state index contributed by atoms with van der Waals surface area (Å²) in [5.41, 5.74) is 0.725. The first-order valence-corrected chi connectivity index (χ1v) is 11.6. The maximum Gasteiger partial charge on any atom is -0.0266 e. The molecule has 0 saturated heterocycles. The molecule has 4 fully saturated rings. The summed E-state index contributed by atoms with van der Waals surface area (Å²) in [6.07, 6.45) is 16.9. The van der Waals surface area contributed by atoms with Crippen molar-refractivity contribution in [1.82, 2.24) is 0 Å². The Morgan fingerprint density at radius 1 is 0.958 bits per heavy atom. The first kappa shape index (κ1) is 17.4. The van der Waals surface area contributed by atoms with Crippen LogP contribution in [0.1, 0.15) is 98.3 Å². The summed E-state index contributed by atoms with van der Waals surface area (Å²) in [4.78, 5) is 0. The van der Waals surface area contributed by atoms with E-state index in [2.05, 4.69) is 27.7 Å². The van der Waals surface area contributed by atoms with E-state index in [-0.39, 0.29) is 0 Å². The molecule has 0 bridgehead atoms. The fourth-order valence-corrected chi connectivity index (χ4v) is 8.69. The van der Waals surface area contributed by atoms with Crippen molar-refractivity contribution in [1.29, 1.82) is 0 Å². The first-order valence-electron chi connectivity index (χ1n) is 11.6. The van der Waals surface area contributed by atoms with Crippen LogP contribution in [0.4, 0.5) is 0 Å². The van der Waals surface area contributed by atoms with Crippen LogP contribution in [-0.4, -0.2) is 0 Å². The molecule has 0 aromatic rings. The summed E-state index contributed by atoms with van der Waals surface area (Å²) in [6, 6.07) is 0. The Morgan fingerprint density at radius 3 is 2.54 bits per heavy atom. The zero-order chi connectivity index (χ0) is 16.9. The molecule has 4 saturated carbocycles. The van der Waals surface area contributed by atoms with E-state index in [9.17, 15) is 0 Å². The average Bonchev–Trinajstić information content (AvgIpc) is 2.96. The van der Waals surface area contributed by atoms with Gasteiger partial charge in [-0.1, -0.05) is 53.4 Å². The van der Waals surface area contributed by atoms with Crippen molar-refractivity contribution in [3.63, 3.8) is 0 Å². The first-order chi connectivity index (χ1) is 11.6. The molecule has 0 spiro atoms.